The van der Waals surface area contributed by atoms with Crippen molar-refractivity contribution in [3.63, 3.8) is 0 Å². The third-order valence-corrected chi connectivity index (χ3v) is 6.57. The lowest BCUT2D eigenvalue weighted by Gasteiger charge is -2.59. The van der Waals surface area contributed by atoms with Gasteiger partial charge in [0, 0.05) is 31.4 Å². The Balaban J connectivity index is 1.71. The Morgan fingerprint density at radius 2 is 1.80 bits per heavy atom. The molecule has 20 heavy (non-hydrogen) atoms. The predicted octanol–water partition coefficient (Wildman–Crippen LogP) is 3.54. The summed E-state index contributed by atoms with van der Waals surface area (Å²) in [7, 11) is 4.34. The van der Waals surface area contributed by atoms with E-state index in [4.69, 9.17) is 0 Å². The first-order valence-electron chi connectivity index (χ1n) is 8.46. The van der Waals surface area contributed by atoms with Gasteiger partial charge in [-0.15, -0.1) is 0 Å². The summed E-state index contributed by atoms with van der Waals surface area (Å²) in [5, 5.41) is 3.49. The highest BCUT2D eigenvalue weighted by molar-refractivity contribution is 5.20. The quantitative estimate of drug-likeness (QED) is 0.887. The van der Waals surface area contributed by atoms with E-state index in [1.165, 1.54) is 38.5 Å². The topological polar surface area (TPSA) is 17.0 Å². The second kappa shape index (κ2) is 4.62. The Hall–Kier alpha value is -0.760. The molecular formula is C18H28N2. The van der Waals surface area contributed by atoms with Gasteiger partial charge in [0.25, 0.3) is 0 Å². The molecule has 4 saturated carbocycles. The molecule has 4 fully saturated rings. The Labute approximate surface area is 122 Å². The van der Waals surface area contributed by atoms with Gasteiger partial charge in [-0.1, -0.05) is 0 Å². The minimum absolute atomic E-state index is 0.601. The molecule has 1 aromatic heterocycles. The molecule has 4 aliphatic rings. The van der Waals surface area contributed by atoms with Crippen LogP contribution in [0.3, 0.4) is 0 Å². The van der Waals surface area contributed by atoms with Crippen LogP contribution in [0.5, 0.6) is 0 Å². The SMILES string of the molecule is CNCC(c1cccn1C)C12CC3CC(CC(C3)C1)C2. The van der Waals surface area contributed by atoms with Gasteiger partial charge in [0.1, 0.15) is 0 Å². The van der Waals surface area contributed by atoms with Crippen molar-refractivity contribution < 1.29 is 0 Å². The molecule has 0 aliphatic heterocycles. The van der Waals surface area contributed by atoms with Gasteiger partial charge in [0.15, 0.2) is 0 Å². The first kappa shape index (κ1) is 12.9. The molecule has 0 radical (unpaired) electrons. The number of aryl methyl sites for hydroxylation is 1. The highest BCUT2D eigenvalue weighted by Gasteiger charge is 2.54. The van der Waals surface area contributed by atoms with Crippen molar-refractivity contribution in [1.82, 2.24) is 9.88 Å². The molecule has 0 aromatic carbocycles. The molecule has 5 rings (SSSR count). The average molecular weight is 272 g/mol. The first-order valence-corrected chi connectivity index (χ1v) is 8.46. The summed E-state index contributed by atoms with van der Waals surface area (Å²) in [5.74, 6) is 3.84. The van der Waals surface area contributed by atoms with Crippen molar-refractivity contribution in [2.75, 3.05) is 13.6 Å². The minimum atomic E-state index is 0.601. The Morgan fingerprint density at radius 3 is 2.25 bits per heavy atom. The summed E-state index contributed by atoms with van der Waals surface area (Å²) in [6.45, 7) is 1.14. The van der Waals surface area contributed by atoms with E-state index in [9.17, 15) is 0 Å². The maximum Gasteiger partial charge on any atom is 0.0221 e. The van der Waals surface area contributed by atoms with Crippen LogP contribution in [0.4, 0.5) is 0 Å². The third kappa shape index (κ3) is 1.88. The number of rotatable bonds is 4. The van der Waals surface area contributed by atoms with Gasteiger partial charge in [0.05, 0.1) is 0 Å². The van der Waals surface area contributed by atoms with E-state index in [-0.39, 0.29) is 0 Å². The number of hydrogen-bond acceptors (Lipinski definition) is 1. The largest absolute Gasteiger partial charge is 0.354 e. The molecule has 1 atom stereocenters. The number of likely N-dealkylation sites (N-methyl/N-ethyl adjacent to an activating group) is 1. The van der Waals surface area contributed by atoms with Crippen molar-refractivity contribution in [2.45, 2.75) is 44.4 Å². The number of hydrogen-bond donors (Lipinski definition) is 1. The van der Waals surface area contributed by atoms with Crippen LogP contribution >= 0.6 is 0 Å². The average Bonchev–Trinajstić information content (AvgIpc) is 2.80. The lowest BCUT2D eigenvalue weighted by molar-refractivity contribution is -0.0692. The zero-order valence-electron chi connectivity index (χ0n) is 12.9. The molecule has 110 valence electrons. The second-order valence-corrected chi connectivity index (χ2v) is 7.93. The molecule has 2 nitrogen and oxygen atoms in total. The first-order chi connectivity index (χ1) is 9.70. The molecule has 4 bridgehead atoms. The van der Waals surface area contributed by atoms with Crippen LogP contribution in [0.15, 0.2) is 18.3 Å². The highest BCUT2D eigenvalue weighted by atomic mass is 14.9. The van der Waals surface area contributed by atoms with E-state index in [0.717, 1.165) is 24.3 Å². The van der Waals surface area contributed by atoms with E-state index in [0.29, 0.717) is 11.3 Å². The fraction of sp³-hybridized carbons (Fsp3) is 0.778. The van der Waals surface area contributed by atoms with Crippen molar-refractivity contribution in [3.05, 3.63) is 24.0 Å². The molecule has 0 spiro atoms. The van der Waals surface area contributed by atoms with Gasteiger partial charge in [-0.05, 0) is 80.9 Å². The van der Waals surface area contributed by atoms with Crippen LogP contribution in [-0.4, -0.2) is 18.2 Å². The van der Waals surface area contributed by atoms with Crippen molar-refractivity contribution >= 4 is 0 Å². The Morgan fingerprint density at radius 1 is 1.20 bits per heavy atom. The van der Waals surface area contributed by atoms with Gasteiger partial charge in [0.2, 0.25) is 0 Å². The maximum absolute atomic E-state index is 3.49. The van der Waals surface area contributed by atoms with Crippen molar-refractivity contribution in [3.8, 4) is 0 Å². The summed E-state index contributed by atoms with van der Waals surface area (Å²) in [4.78, 5) is 0. The number of nitrogens with one attached hydrogen (secondary N) is 1. The van der Waals surface area contributed by atoms with Gasteiger partial charge in [-0.3, -0.25) is 0 Å². The van der Waals surface area contributed by atoms with Crippen molar-refractivity contribution in [2.24, 2.45) is 30.2 Å². The van der Waals surface area contributed by atoms with E-state index >= 15 is 0 Å². The van der Waals surface area contributed by atoms with Crippen LogP contribution in [0, 0.1) is 23.2 Å². The summed E-state index contributed by atoms with van der Waals surface area (Å²) >= 11 is 0. The van der Waals surface area contributed by atoms with Crippen LogP contribution in [0.1, 0.15) is 50.1 Å². The summed E-state index contributed by atoms with van der Waals surface area (Å²) in [5.41, 5.74) is 2.16. The molecule has 1 heterocycles. The molecule has 2 heteroatoms. The monoisotopic (exact) mass is 272 g/mol. The molecule has 4 aliphatic carbocycles. The third-order valence-electron chi connectivity index (χ3n) is 6.57. The van der Waals surface area contributed by atoms with Gasteiger partial charge in [-0.25, -0.2) is 0 Å². The van der Waals surface area contributed by atoms with Crippen LogP contribution in [0.25, 0.3) is 0 Å². The van der Waals surface area contributed by atoms with E-state index in [1.54, 1.807) is 5.69 Å². The molecule has 1 N–H and O–H groups in total. The summed E-state index contributed by atoms with van der Waals surface area (Å²) < 4.78 is 2.36. The van der Waals surface area contributed by atoms with E-state index in [2.05, 4.69) is 42.3 Å². The lowest BCUT2D eigenvalue weighted by atomic mass is 9.46. The molecule has 0 saturated heterocycles. The van der Waals surface area contributed by atoms with Crippen LogP contribution in [-0.2, 0) is 7.05 Å². The second-order valence-electron chi connectivity index (χ2n) is 7.93. The zero-order chi connectivity index (χ0) is 13.7. The molecular weight excluding hydrogens is 244 g/mol. The highest BCUT2D eigenvalue weighted by Crippen LogP contribution is 2.64. The Kier molecular flexibility index (Phi) is 2.99. The standard InChI is InChI=1S/C18H28N2/c1-19-12-16(17-4-3-5-20(17)2)18-9-13-6-14(10-18)8-15(7-13)11-18/h3-5,13-16,19H,6-12H2,1-2H3. The van der Waals surface area contributed by atoms with E-state index in [1.807, 2.05) is 0 Å². The van der Waals surface area contributed by atoms with Gasteiger partial charge in [-0.2, -0.15) is 0 Å². The van der Waals surface area contributed by atoms with Crippen LogP contribution < -0.4 is 5.32 Å². The lowest BCUT2D eigenvalue weighted by Crippen LogP contribution is -2.50. The number of nitrogens with zero attached hydrogens (tertiary/aromatic N) is 1. The maximum atomic E-state index is 3.49. The Bertz CT molecular complexity index is 452. The van der Waals surface area contributed by atoms with Crippen molar-refractivity contribution in [1.29, 1.82) is 0 Å². The molecule has 1 unspecified atom stereocenters. The van der Waals surface area contributed by atoms with Crippen LogP contribution in [0.2, 0.25) is 0 Å². The fourth-order valence-corrected chi connectivity index (χ4v) is 6.28. The van der Waals surface area contributed by atoms with E-state index < -0.39 is 0 Å². The zero-order valence-corrected chi connectivity index (χ0v) is 12.9. The molecule has 1 aromatic rings. The molecule has 0 amide bonds. The smallest absolute Gasteiger partial charge is 0.0221 e. The normalized spacial score (nSPS) is 40.2. The minimum Gasteiger partial charge on any atom is -0.354 e. The van der Waals surface area contributed by atoms with Gasteiger partial charge < -0.3 is 9.88 Å². The number of aromatic nitrogens is 1. The predicted molar refractivity (Wildman–Crippen MR) is 82.7 cm³/mol. The van der Waals surface area contributed by atoms with Gasteiger partial charge >= 0.3 is 0 Å². The summed E-state index contributed by atoms with van der Waals surface area (Å²) in [6.07, 6.45) is 11.3. The summed E-state index contributed by atoms with van der Waals surface area (Å²) in [6, 6.07) is 4.58. The fourth-order valence-electron chi connectivity index (χ4n) is 6.28.